The van der Waals surface area contributed by atoms with Gasteiger partial charge in [-0.05, 0) is 49.2 Å². The van der Waals surface area contributed by atoms with Gasteiger partial charge in [0.2, 0.25) is 0 Å². The van der Waals surface area contributed by atoms with E-state index in [-0.39, 0.29) is 5.97 Å². The van der Waals surface area contributed by atoms with E-state index in [0.717, 1.165) is 53.8 Å². The van der Waals surface area contributed by atoms with Gasteiger partial charge in [0.1, 0.15) is 5.82 Å². The van der Waals surface area contributed by atoms with Crippen molar-refractivity contribution in [2.45, 2.75) is 46.1 Å². The van der Waals surface area contributed by atoms with Gasteiger partial charge in [0.15, 0.2) is 0 Å². The molecule has 0 saturated heterocycles. The van der Waals surface area contributed by atoms with Crippen LogP contribution in [0.15, 0.2) is 47.6 Å². The van der Waals surface area contributed by atoms with E-state index in [2.05, 4.69) is 27.8 Å². The third kappa shape index (κ3) is 7.56. The zero-order chi connectivity index (χ0) is 25.0. The maximum absolute atomic E-state index is 12.0. The molecule has 2 aromatic carbocycles. The zero-order valence-electron chi connectivity index (χ0n) is 20.5. The van der Waals surface area contributed by atoms with Gasteiger partial charge in [0.25, 0.3) is 0 Å². The first kappa shape index (κ1) is 25.7. The van der Waals surface area contributed by atoms with Crippen molar-refractivity contribution in [2.24, 2.45) is 12.1 Å². The SMILES string of the molecule is CCCCCCOC(=O)NN=Cc1ccc(NCc2nc3cc(C(=O)OCC)ccc3n2C)cc1. The van der Waals surface area contributed by atoms with Crippen LogP contribution < -0.4 is 10.7 Å². The van der Waals surface area contributed by atoms with Crippen molar-refractivity contribution < 1.29 is 19.1 Å². The number of imidazole rings is 1. The minimum atomic E-state index is -0.548. The summed E-state index contributed by atoms with van der Waals surface area (Å²) in [6.45, 7) is 5.17. The summed E-state index contributed by atoms with van der Waals surface area (Å²) in [6, 6.07) is 13.0. The van der Waals surface area contributed by atoms with Crippen LogP contribution in [0.1, 0.15) is 61.3 Å². The molecule has 9 nitrogen and oxygen atoms in total. The van der Waals surface area contributed by atoms with Crippen LogP contribution in [-0.4, -0.2) is 41.0 Å². The van der Waals surface area contributed by atoms with Crippen molar-refractivity contribution in [1.82, 2.24) is 15.0 Å². The number of nitrogens with one attached hydrogen (secondary N) is 2. The van der Waals surface area contributed by atoms with E-state index in [1.807, 2.05) is 41.9 Å². The average molecular weight is 480 g/mol. The van der Waals surface area contributed by atoms with E-state index in [1.54, 1.807) is 25.3 Å². The molecule has 0 atom stereocenters. The molecule has 1 aromatic heterocycles. The summed E-state index contributed by atoms with van der Waals surface area (Å²) in [5.41, 5.74) is 6.30. The van der Waals surface area contributed by atoms with Gasteiger partial charge >= 0.3 is 12.1 Å². The highest BCUT2D eigenvalue weighted by Gasteiger charge is 2.12. The van der Waals surface area contributed by atoms with Crippen molar-refractivity contribution in [3.8, 4) is 0 Å². The standard InChI is InChI=1S/C26H33N5O4/c1-4-6-7-8-15-35-26(33)30-28-17-19-9-12-21(13-10-19)27-18-24-29-22-16-20(25(32)34-5-2)11-14-23(22)31(24)3/h9-14,16-17,27H,4-8,15,18H2,1-3H3,(H,30,33). The molecule has 1 heterocycles. The molecule has 0 fully saturated rings. The number of aromatic nitrogens is 2. The predicted octanol–water partition coefficient (Wildman–Crippen LogP) is 5.00. The van der Waals surface area contributed by atoms with Crippen LogP contribution in [0.5, 0.6) is 0 Å². The molecule has 0 unspecified atom stereocenters. The average Bonchev–Trinajstić information content (AvgIpc) is 3.18. The van der Waals surface area contributed by atoms with Crippen molar-refractivity contribution in [3.63, 3.8) is 0 Å². The molecule has 3 rings (SSSR count). The number of benzene rings is 2. The Labute approximate surface area is 205 Å². The van der Waals surface area contributed by atoms with Crippen LogP contribution in [0.4, 0.5) is 10.5 Å². The summed E-state index contributed by atoms with van der Waals surface area (Å²) in [5, 5.41) is 7.28. The van der Waals surface area contributed by atoms with Gasteiger partial charge in [-0.1, -0.05) is 38.3 Å². The van der Waals surface area contributed by atoms with Crippen LogP contribution in [0.25, 0.3) is 11.0 Å². The van der Waals surface area contributed by atoms with Gasteiger partial charge < -0.3 is 19.4 Å². The molecular weight excluding hydrogens is 446 g/mol. The van der Waals surface area contributed by atoms with Crippen LogP contribution >= 0.6 is 0 Å². The first-order chi connectivity index (χ1) is 17.0. The Morgan fingerprint density at radius 1 is 1.06 bits per heavy atom. The Bertz CT molecular complexity index is 1150. The minimum Gasteiger partial charge on any atom is -0.462 e. The molecule has 3 aromatic rings. The molecule has 2 N–H and O–H groups in total. The highest BCUT2D eigenvalue weighted by Crippen LogP contribution is 2.19. The number of nitrogens with zero attached hydrogens (tertiary/aromatic N) is 3. The third-order valence-electron chi connectivity index (χ3n) is 5.45. The number of hydrazone groups is 1. The van der Waals surface area contributed by atoms with E-state index in [0.29, 0.717) is 25.3 Å². The summed E-state index contributed by atoms with van der Waals surface area (Å²) < 4.78 is 12.1. The molecule has 35 heavy (non-hydrogen) atoms. The van der Waals surface area contributed by atoms with E-state index < -0.39 is 6.09 Å². The first-order valence-corrected chi connectivity index (χ1v) is 11.9. The molecule has 0 radical (unpaired) electrons. The molecule has 0 aliphatic heterocycles. The fourth-order valence-corrected chi connectivity index (χ4v) is 3.50. The summed E-state index contributed by atoms with van der Waals surface area (Å²) in [4.78, 5) is 28.3. The third-order valence-corrected chi connectivity index (χ3v) is 5.45. The maximum Gasteiger partial charge on any atom is 0.427 e. The van der Waals surface area contributed by atoms with Crippen LogP contribution in [0.2, 0.25) is 0 Å². The van der Waals surface area contributed by atoms with Crippen molar-refractivity contribution in [1.29, 1.82) is 0 Å². The number of fused-ring (bicyclic) bond motifs is 1. The summed E-state index contributed by atoms with van der Waals surface area (Å²) in [6.07, 6.45) is 5.22. The number of hydrogen-bond acceptors (Lipinski definition) is 7. The molecule has 0 aliphatic carbocycles. The molecule has 1 amide bonds. The Kier molecular flexibility index (Phi) is 9.65. The number of amides is 1. The van der Waals surface area contributed by atoms with E-state index in [1.165, 1.54) is 0 Å². The lowest BCUT2D eigenvalue weighted by Gasteiger charge is -2.07. The van der Waals surface area contributed by atoms with Crippen molar-refractivity contribution >= 4 is 35.0 Å². The molecule has 0 spiro atoms. The van der Waals surface area contributed by atoms with E-state index >= 15 is 0 Å². The first-order valence-electron chi connectivity index (χ1n) is 11.9. The normalized spacial score (nSPS) is 11.1. The smallest absolute Gasteiger partial charge is 0.427 e. The summed E-state index contributed by atoms with van der Waals surface area (Å²) in [7, 11) is 1.94. The Hall–Kier alpha value is -3.88. The van der Waals surface area contributed by atoms with Gasteiger partial charge in [-0.25, -0.2) is 20.0 Å². The van der Waals surface area contributed by atoms with Crippen LogP contribution in [-0.2, 0) is 23.1 Å². The highest BCUT2D eigenvalue weighted by molar-refractivity contribution is 5.93. The molecule has 186 valence electrons. The fourth-order valence-electron chi connectivity index (χ4n) is 3.50. The lowest BCUT2D eigenvalue weighted by molar-refractivity contribution is 0.0526. The topological polar surface area (TPSA) is 107 Å². The number of carbonyl (C=O) groups is 2. The van der Waals surface area contributed by atoms with Gasteiger partial charge in [0.05, 0.1) is 42.6 Å². The minimum absolute atomic E-state index is 0.334. The van der Waals surface area contributed by atoms with Gasteiger partial charge in [-0.15, -0.1) is 0 Å². The Morgan fingerprint density at radius 2 is 1.86 bits per heavy atom. The lowest BCUT2D eigenvalue weighted by atomic mass is 10.2. The second-order valence-electron chi connectivity index (χ2n) is 8.05. The second-order valence-corrected chi connectivity index (χ2v) is 8.05. The van der Waals surface area contributed by atoms with E-state index in [9.17, 15) is 9.59 Å². The number of hydrogen-bond donors (Lipinski definition) is 2. The fraction of sp³-hybridized carbons (Fsp3) is 0.385. The summed E-state index contributed by atoms with van der Waals surface area (Å²) >= 11 is 0. The lowest BCUT2D eigenvalue weighted by Crippen LogP contribution is -2.19. The van der Waals surface area contributed by atoms with Crippen molar-refractivity contribution in [2.75, 3.05) is 18.5 Å². The quantitative estimate of drug-likeness (QED) is 0.164. The molecule has 9 heteroatoms. The number of anilines is 1. The van der Waals surface area contributed by atoms with Crippen LogP contribution in [0, 0.1) is 0 Å². The Balaban J connectivity index is 1.50. The second kappa shape index (κ2) is 13.1. The monoisotopic (exact) mass is 479 g/mol. The molecule has 0 saturated carbocycles. The number of carbonyl (C=O) groups excluding carboxylic acids is 2. The Morgan fingerprint density at radius 3 is 2.60 bits per heavy atom. The zero-order valence-corrected chi connectivity index (χ0v) is 20.5. The predicted molar refractivity (Wildman–Crippen MR) is 137 cm³/mol. The number of esters is 1. The highest BCUT2D eigenvalue weighted by atomic mass is 16.6. The van der Waals surface area contributed by atoms with Gasteiger partial charge in [-0.3, -0.25) is 0 Å². The number of aryl methyl sites for hydroxylation is 1. The number of unbranched alkanes of at least 4 members (excludes halogenated alkanes) is 3. The van der Waals surface area contributed by atoms with Gasteiger partial charge in [-0.2, -0.15) is 5.10 Å². The van der Waals surface area contributed by atoms with Crippen molar-refractivity contribution in [3.05, 3.63) is 59.4 Å². The molecule has 0 aliphatic rings. The molecule has 0 bridgehead atoms. The van der Waals surface area contributed by atoms with E-state index in [4.69, 9.17) is 9.47 Å². The largest absolute Gasteiger partial charge is 0.462 e. The van der Waals surface area contributed by atoms with Gasteiger partial charge in [0, 0.05) is 12.7 Å². The summed E-state index contributed by atoms with van der Waals surface area (Å²) in [5.74, 6) is 0.488. The number of rotatable bonds is 12. The number of ether oxygens (including phenoxy) is 2. The maximum atomic E-state index is 12.0. The molecular formula is C26H33N5O4. The van der Waals surface area contributed by atoms with Crippen LogP contribution in [0.3, 0.4) is 0 Å².